The SMILES string of the molecule is C.C=CS(C)(=O)=O.CC1CCC(n2c3cnccc3c3cnc(Nc4ccc5c(n4)CCN(CCS(C)(=O)=O)C5)nc32)CC1.CCO.CS(=O)(=O)CCN1CCc2nc(Cl)ccc2C1.Clc1ccc2c(n1)CCNC2. The Morgan fingerprint density at radius 2 is 1.28 bits per heavy atom. The van der Waals surface area contributed by atoms with E-state index in [0.717, 1.165) is 145 Å². The third-order valence-electron chi connectivity index (χ3n) is 12.9. The lowest BCUT2D eigenvalue weighted by atomic mass is 9.87. The first-order valence-corrected chi connectivity index (χ1v) is 31.5. The fraction of sp³-hybridized carbons (Fsp3) is 0.500. The van der Waals surface area contributed by atoms with Gasteiger partial charge < -0.3 is 20.3 Å². The number of halogens is 2. The molecule has 0 aromatic carbocycles. The lowest BCUT2D eigenvalue weighted by molar-refractivity contribution is 0.266. The van der Waals surface area contributed by atoms with Gasteiger partial charge in [-0.15, -0.1) is 0 Å². The van der Waals surface area contributed by atoms with Crippen molar-refractivity contribution in [3.63, 3.8) is 0 Å². The normalized spacial score (nSPS) is 17.5. The van der Waals surface area contributed by atoms with Crippen molar-refractivity contribution in [2.45, 2.75) is 91.9 Å². The summed E-state index contributed by atoms with van der Waals surface area (Å²) >= 11 is 11.6. The summed E-state index contributed by atoms with van der Waals surface area (Å²) in [6.07, 6.45) is 16.7. The van der Waals surface area contributed by atoms with Gasteiger partial charge in [-0.1, -0.05) is 62.3 Å². The molecule has 0 saturated heterocycles. The summed E-state index contributed by atoms with van der Waals surface area (Å²) < 4.78 is 67.4. The molecule has 75 heavy (non-hydrogen) atoms. The molecule has 10 rings (SSSR count). The Bertz CT molecular complexity index is 3200. The first-order chi connectivity index (χ1) is 35.1. The van der Waals surface area contributed by atoms with Gasteiger partial charge in [-0.3, -0.25) is 14.8 Å². The zero-order valence-corrected chi connectivity index (χ0v) is 46.8. The molecule has 0 amide bonds. The van der Waals surface area contributed by atoms with Crippen LogP contribution in [0.1, 0.15) is 86.8 Å². The average Bonchev–Trinajstić information content (AvgIpc) is 3.69. The maximum Gasteiger partial charge on any atom is 0.230 e. The van der Waals surface area contributed by atoms with Crippen molar-refractivity contribution in [2.24, 2.45) is 5.92 Å². The monoisotopic (exact) mass is 1130 g/mol. The maximum absolute atomic E-state index is 11.5. The van der Waals surface area contributed by atoms with Gasteiger partial charge in [-0.25, -0.2) is 45.2 Å². The van der Waals surface area contributed by atoms with E-state index in [0.29, 0.717) is 35.4 Å². The van der Waals surface area contributed by atoms with Crippen molar-refractivity contribution in [1.29, 1.82) is 0 Å². The molecule has 18 nitrogen and oxygen atoms in total. The molecule has 0 bridgehead atoms. The van der Waals surface area contributed by atoms with Crippen LogP contribution in [0.3, 0.4) is 0 Å². The second kappa shape index (κ2) is 28.1. The Kier molecular flexibility index (Phi) is 22.9. The van der Waals surface area contributed by atoms with E-state index in [-0.39, 0.29) is 25.5 Å². The molecule has 0 unspecified atom stereocenters. The number of fused-ring (bicyclic) bond motifs is 6. The number of sulfone groups is 3. The summed E-state index contributed by atoms with van der Waals surface area (Å²) in [6, 6.07) is 14.1. The van der Waals surface area contributed by atoms with Crippen molar-refractivity contribution in [3.05, 3.63) is 117 Å². The standard InChI is InChI=1S/C27H33N7O2S.C11H15ClN2O2S.C8H9ClN2.C3H6O2S.C2H6O.CH4/c1-18-3-6-20(7-4-18)34-24-16-28-11-9-21(24)22-15-29-27(32-26(22)34)31-25-8-5-19-17-33(12-10-23(19)30-25)13-14-37(2,35)36;1-17(15,16)7-6-14-5-4-10-9(8-14)2-3-11(12)13-10;9-8-2-1-6-5-10-4-3-7(6)11-8;1-3-6(2,4)5;1-2-3;/h5,8-9,11,15-16,18,20H,3-4,6-7,10,12-14,17H2,1-2H3,(H,29,30,31,32);2-3H,4-8H2,1H3;1-2,10H,3-5H2;3H,1H2,2H3;3H,2H2,1H3;1H4. The maximum atomic E-state index is 11.5. The number of anilines is 2. The molecule has 3 aliphatic heterocycles. The molecule has 4 aliphatic rings. The summed E-state index contributed by atoms with van der Waals surface area (Å²) in [4.78, 5) is 31.7. The summed E-state index contributed by atoms with van der Waals surface area (Å²) in [5.74, 6) is 2.42. The molecule has 0 radical (unpaired) electrons. The molecule has 1 fully saturated rings. The summed E-state index contributed by atoms with van der Waals surface area (Å²) in [6.45, 7) is 13.5. The highest BCUT2D eigenvalue weighted by Gasteiger charge is 2.25. The Hall–Kier alpha value is -4.71. The predicted octanol–water partition coefficient (Wildman–Crippen LogP) is 7.60. The third kappa shape index (κ3) is 19.1. The quantitative estimate of drug-likeness (QED) is 0.112. The van der Waals surface area contributed by atoms with E-state index in [1.807, 2.05) is 42.9 Å². The average molecular weight is 1130 g/mol. The predicted molar refractivity (Wildman–Crippen MR) is 303 cm³/mol. The number of aliphatic hydroxyl groups is 1. The van der Waals surface area contributed by atoms with E-state index < -0.39 is 29.5 Å². The molecular formula is C52H73Cl2N11O7S3. The molecule has 1 saturated carbocycles. The van der Waals surface area contributed by atoms with Crippen molar-refractivity contribution in [3.8, 4) is 0 Å². The van der Waals surface area contributed by atoms with Gasteiger partial charge >= 0.3 is 0 Å². The van der Waals surface area contributed by atoms with E-state index in [9.17, 15) is 25.3 Å². The smallest absolute Gasteiger partial charge is 0.230 e. The van der Waals surface area contributed by atoms with Crippen LogP contribution in [0, 0.1) is 5.92 Å². The first kappa shape index (κ1) is 61.1. The van der Waals surface area contributed by atoms with E-state index in [1.165, 1.54) is 30.9 Å². The number of aliphatic hydroxyl groups excluding tert-OH is 1. The Morgan fingerprint density at radius 3 is 1.84 bits per heavy atom. The third-order valence-corrected chi connectivity index (χ3v) is 15.8. The largest absolute Gasteiger partial charge is 0.397 e. The van der Waals surface area contributed by atoms with Gasteiger partial charge in [0, 0.05) is 149 Å². The van der Waals surface area contributed by atoms with Crippen LogP contribution in [0.15, 0.2) is 73.0 Å². The van der Waals surface area contributed by atoms with Crippen molar-refractivity contribution >= 4 is 86.4 Å². The second-order valence-corrected chi connectivity index (χ2v) is 26.4. The molecule has 6 aromatic rings. The van der Waals surface area contributed by atoms with Crippen LogP contribution in [-0.2, 0) is 68.4 Å². The van der Waals surface area contributed by atoms with Crippen LogP contribution < -0.4 is 10.6 Å². The van der Waals surface area contributed by atoms with Gasteiger partial charge in [0.15, 0.2) is 9.84 Å². The minimum atomic E-state index is -2.97. The van der Waals surface area contributed by atoms with Crippen molar-refractivity contribution in [2.75, 3.05) is 74.9 Å². The highest BCUT2D eigenvalue weighted by molar-refractivity contribution is 7.93. The lowest BCUT2D eigenvalue weighted by Crippen LogP contribution is -2.34. The van der Waals surface area contributed by atoms with Gasteiger partial charge in [0.1, 0.15) is 41.4 Å². The zero-order valence-electron chi connectivity index (χ0n) is 42.8. The van der Waals surface area contributed by atoms with Crippen LogP contribution in [0.25, 0.3) is 21.9 Å². The molecule has 410 valence electrons. The number of rotatable bonds is 10. The molecule has 0 atom stereocenters. The molecule has 6 aromatic heterocycles. The number of nitrogens with zero attached hydrogens (tertiary/aromatic N) is 9. The van der Waals surface area contributed by atoms with E-state index >= 15 is 0 Å². The van der Waals surface area contributed by atoms with Crippen LogP contribution in [-0.4, -0.2) is 144 Å². The molecule has 1 aliphatic carbocycles. The topological polar surface area (TPSA) is 235 Å². The van der Waals surface area contributed by atoms with Crippen LogP contribution in [0.2, 0.25) is 10.3 Å². The lowest BCUT2D eigenvalue weighted by Gasteiger charge is -2.28. The fourth-order valence-corrected chi connectivity index (χ4v) is 10.5. The number of nitrogens with one attached hydrogen (secondary N) is 2. The Labute approximate surface area is 453 Å². The van der Waals surface area contributed by atoms with Crippen LogP contribution >= 0.6 is 23.2 Å². The van der Waals surface area contributed by atoms with Gasteiger partial charge in [-0.05, 0) is 79.5 Å². The molecule has 0 spiro atoms. The summed E-state index contributed by atoms with van der Waals surface area (Å²) in [5, 5.41) is 18.4. The Morgan fingerprint density at radius 1 is 0.747 bits per heavy atom. The zero-order chi connectivity index (χ0) is 53.6. The molecule has 3 N–H and O–H groups in total. The van der Waals surface area contributed by atoms with Crippen LogP contribution in [0.4, 0.5) is 11.8 Å². The van der Waals surface area contributed by atoms with Crippen molar-refractivity contribution < 1.29 is 30.4 Å². The van der Waals surface area contributed by atoms with Gasteiger partial charge in [-0.2, -0.15) is 4.98 Å². The van der Waals surface area contributed by atoms with E-state index in [2.05, 4.69) is 70.6 Å². The number of aromatic nitrogens is 7. The second-order valence-electron chi connectivity index (χ2n) is 19.1. The van der Waals surface area contributed by atoms with Gasteiger partial charge in [0.05, 0.1) is 23.2 Å². The van der Waals surface area contributed by atoms with Crippen molar-refractivity contribution in [1.82, 2.24) is 49.6 Å². The highest BCUT2D eigenvalue weighted by atomic mass is 35.5. The van der Waals surface area contributed by atoms with Gasteiger partial charge in [0.25, 0.3) is 0 Å². The fourth-order valence-electron chi connectivity index (χ4n) is 8.99. The molecule has 23 heteroatoms. The molecule has 9 heterocycles. The van der Waals surface area contributed by atoms with Gasteiger partial charge in [0.2, 0.25) is 5.95 Å². The Balaban J connectivity index is 0.000000224. The molecular weight excluding hydrogens is 1060 g/mol. The first-order valence-electron chi connectivity index (χ1n) is 24.7. The van der Waals surface area contributed by atoms with Crippen LogP contribution in [0.5, 0.6) is 0 Å². The van der Waals surface area contributed by atoms with E-state index in [4.69, 9.17) is 38.3 Å². The summed E-state index contributed by atoms with van der Waals surface area (Å²) in [7, 11) is -8.75. The summed E-state index contributed by atoms with van der Waals surface area (Å²) in [5.41, 5.74) is 8.86. The minimum absolute atomic E-state index is 0. The highest BCUT2D eigenvalue weighted by Crippen LogP contribution is 2.38. The van der Waals surface area contributed by atoms with E-state index in [1.54, 1.807) is 13.0 Å². The number of hydrogen-bond donors (Lipinski definition) is 3. The minimum Gasteiger partial charge on any atom is -0.397 e. The number of pyridine rings is 4. The number of hydrogen-bond acceptors (Lipinski definition) is 17.